The number of hydrogen-bond donors (Lipinski definition) is 2. The van der Waals surface area contributed by atoms with Crippen molar-refractivity contribution in [2.75, 3.05) is 12.5 Å². The van der Waals surface area contributed by atoms with E-state index in [-0.39, 0.29) is 12.5 Å². The summed E-state index contributed by atoms with van der Waals surface area (Å²) in [5, 5.41) is 15.9. The zero-order valence-corrected chi connectivity index (χ0v) is 4.43. The molecule has 0 aliphatic heterocycles. The number of alkyl halides is 1. The largest absolute Gasteiger partial charge is 0.394 e. The van der Waals surface area contributed by atoms with Crippen LogP contribution >= 0.6 is 11.6 Å². The van der Waals surface area contributed by atoms with Gasteiger partial charge in [0.1, 0.15) is 6.10 Å². The lowest BCUT2D eigenvalue weighted by Gasteiger charge is -2.02. The van der Waals surface area contributed by atoms with Crippen LogP contribution in [0.4, 0.5) is 0 Å². The Hall–Kier alpha value is 0.170. The van der Waals surface area contributed by atoms with Gasteiger partial charge in [0, 0.05) is 0 Å². The highest BCUT2D eigenvalue weighted by atomic mass is 35.5. The van der Waals surface area contributed by atoms with Crippen molar-refractivity contribution < 1.29 is 15.3 Å². The predicted molar refractivity (Wildman–Crippen MR) is 25.3 cm³/mol. The molecule has 0 rings (SSSR count). The van der Waals surface area contributed by atoms with Crippen LogP contribution < -0.4 is 0 Å². The molecular formula is C3H7ClO3. The molecule has 0 saturated carbocycles. The number of hydrogen-bond acceptors (Lipinski definition) is 3. The highest BCUT2D eigenvalue weighted by Crippen LogP contribution is 1.89. The highest BCUT2D eigenvalue weighted by molar-refractivity contribution is 6.18. The van der Waals surface area contributed by atoms with Crippen LogP contribution in [0.1, 0.15) is 0 Å². The fourth-order valence-electron chi connectivity index (χ4n) is 0.110. The zero-order valence-electron chi connectivity index (χ0n) is 3.67. The van der Waals surface area contributed by atoms with Gasteiger partial charge >= 0.3 is 0 Å². The van der Waals surface area contributed by atoms with Crippen molar-refractivity contribution in [3.8, 4) is 0 Å². The van der Waals surface area contributed by atoms with Gasteiger partial charge in [0.2, 0.25) is 0 Å². The molecule has 0 radical (unpaired) electrons. The van der Waals surface area contributed by atoms with Gasteiger partial charge in [-0.25, -0.2) is 4.89 Å². The van der Waals surface area contributed by atoms with E-state index in [0.717, 1.165) is 0 Å². The van der Waals surface area contributed by atoms with E-state index in [1.807, 2.05) is 0 Å². The smallest absolute Gasteiger partial charge is 0.129 e. The van der Waals surface area contributed by atoms with Crippen molar-refractivity contribution >= 4 is 11.6 Å². The van der Waals surface area contributed by atoms with Crippen LogP contribution in [0, 0.1) is 0 Å². The van der Waals surface area contributed by atoms with Crippen LogP contribution in [0.2, 0.25) is 0 Å². The summed E-state index contributed by atoms with van der Waals surface area (Å²) in [5.74, 6) is 0.104. The lowest BCUT2D eigenvalue weighted by molar-refractivity contribution is -0.278. The number of halogens is 1. The minimum absolute atomic E-state index is 0.104. The summed E-state index contributed by atoms with van der Waals surface area (Å²) in [7, 11) is 0. The third-order valence-corrected chi connectivity index (χ3v) is 0.869. The Labute approximate surface area is 46.4 Å². The Morgan fingerprint density at radius 1 is 1.71 bits per heavy atom. The molecule has 7 heavy (non-hydrogen) atoms. The Morgan fingerprint density at radius 3 is 2.29 bits per heavy atom. The summed E-state index contributed by atoms with van der Waals surface area (Å²) in [6, 6.07) is 0. The van der Waals surface area contributed by atoms with Crippen LogP contribution in [0.25, 0.3) is 0 Å². The lowest BCUT2D eigenvalue weighted by Crippen LogP contribution is -2.16. The van der Waals surface area contributed by atoms with E-state index >= 15 is 0 Å². The molecule has 1 atom stereocenters. The predicted octanol–water partition coefficient (Wildman–Crippen LogP) is 0.0757. The molecular weight excluding hydrogens is 119 g/mol. The normalized spacial score (nSPS) is 14.1. The van der Waals surface area contributed by atoms with Crippen LogP contribution in [-0.2, 0) is 4.89 Å². The summed E-state index contributed by atoms with van der Waals surface area (Å²) in [5.41, 5.74) is 0. The van der Waals surface area contributed by atoms with Crippen LogP contribution in [0.5, 0.6) is 0 Å². The molecule has 0 bridgehead atoms. The standard InChI is InChI=1S/C3H7ClO3/c4-1-3(2-5)7-6/h3,5-6H,1-2H2. The van der Waals surface area contributed by atoms with E-state index in [1.54, 1.807) is 0 Å². The van der Waals surface area contributed by atoms with Gasteiger partial charge in [0.25, 0.3) is 0 Å². The lowest BCUT2D eigenvalue weighted by atomic mass is 10.4. The van der Waals surface area contributed by atoms with Gasteiger partial charge in [-0.15, -0.1) is 11.6 Å². The van der Waals surface area contributed by atoms with Gasteiger partial charge in [0.15, 0.2) is 0 Å². The van der Waals surface area contributed by atoms with E-state index in [0.29, 0.717) is 0 Å². The Balaban J connectivity index is 2.99. The second-order valence-corrected chi connectivity index (χ2v) is 1.37. The monoisotopic (exact) mass is 126 g/mol. The van der Waals surface area contributed by atoms with Gasteiger partial charge in [-0.05, 0) is 0 Å². The molecule has 0 amide bonds. The van der Waals surface area contributed by atoms with Crippen molar-refractivity contribution in [1.29, 1.82) is 0 Å². The molecule has 0 aliphatic rings. The molecule has 0 aromatic carbocycles. The molecule has 0 aromatic heterocycles. The Morgan fingerprint density at radius 2 is 2.29 bits per heavy atom. The first-order valence-corrected chi connectivity index (χ1v) is 2.35. The van der Waals surface area contributed by atoms with Gasteiger partial charge in [-0.3, -0.25) is 5.26 Å². The van der Waals surface area contributed by atoms with Crippen LogP contribution in [-0.4, -0.2) is 29.0 Å². The summed E-state index contributed by atoms with van der Waals surface area (Å²) in [4.78, 5) is 3.67. The van der Waals surface area contributed by atoms with Gasteiger partial charge in [0.05, 0.1) is 12.5 Å². The van der Waals surface area contributed by atoms with Crippen molar-refractivity contribution in [2.24, 2.45) is 0 Å². The second kappa shape index (κ2) is 4.33. The molecule has 0 spiro atoms. The molecule has 0 aromatic rings. The van der Waals surface area contributed by atoms with Gasteiger partial charge in [-0.2, -0.15) is 0 Å². The third kappa shape index (κ3) is 2.82. The number of aliphatic hydroxyl groups excluding tert-OH is 1. The minimum atomic E-state index is -0.637. The fraction of sp³-hybridized carbons (Fsp3) is 1.00. The van der Waals surface area contributed by atoms with E-state index in [2.05, 4.69) is 4.89 Å². The quantitative estimate of drug-likeness (QED) is 0.320. The van der Waals surface area contributed by atoms with Crippen LogP contribution in [0.15, 0.2) is 0 Å². The summed E-state index contributed by atoms with van der Waals surface area (Å²) in [6.07, 6.45) is -0.637. The molecule has 0 heterocycles. The first-order valence-electron chi connectivity index (χ1n) is 1.82. The SMILES string of the molecule is OCC(CCl)OO. The van der Waals surface area contributed by atoms with E-state index in [9.17, 15) is 0 Å². The van der Waals surface area contributed by atoms with E-state index in [1.165, 1.54) is 0 Å². The molecule has 3 nitrogen and oxygen atoms in total. The van der Waals surface area contributed by atoms with E-state index < -0.39 is 6.10 Å². The Bertz CT molecular complexity index is 31.7. The zero-order chi connectivity index (χ0) is 5.70. The number of aliphatic hydroxyl groups is 1. The summed E-state index contributed by atoms with van der Waals surface area (Å²) < 4.78 is 0. The van der Waals surface area contributed by atoms with Gasteiger partial charge in [-0.1, -0.05) is 0 Å². The third-order valence-electron chi connectivity index (χ3n) is 0.525. The summed E-state index contributed by atoms with van der Waals surface area (Å²) >= 11 is 5.12. The number of rotatable bonds is 3. The molecule has 0 fully saturated rings. The fourth-order valence-corrected chi connectivity index (χ4v) is 0.264. The average molecular weight is 127 g/mol. The van der Waals surface area contributed by atoms with Gasteiger partial charge < -0.3 is 5.11 Å². The maximum Gasteiger partial charge on any atom is 0.129 e. The first-order chi connectivity index (χ1) is 3.35. The van der Waals surface area contributed by atoms with Crippen molar-refractivity contribution in [3.05, 3.63) is 0 Å². The Kier molecular flexibility index (Phi) is 4.44. The second-order valence-electron chi connectivity index (χ2n) is 1.06. The molecule has 0 saturated heterocycles. The molecule has 0 aliphatic carbocycles. The molecule has 4 heteroatoms. The molecule has 1 unspecified atom stereocenters. The summed E-state index contributed by atoms with van der Waals surface area (Å²) in [6.45, 7) is -0.250. The van der Waals surface area contributed by atoms with Crippen molar-refractivity contribution in [1.82, 2.24) is 0 Å². The molecule has 44 valence electrons. The maximum atomic E-state index is 8.16. The van der Waals surface area contributed by atoms with Crippen molar-refractivity contribution in [2.45, 2.75) is 6.10 Å². The van der Waals surface area contributed by atoms with Crippen LogP contribution in [0.3, 0.4) is 0 Å². The van der Waals surface area contributed by atoms with E-state index in [4.69, 9.17) is 22.0 Å². The molecule has 2 N–H and O–H groups in total. The topological polar surface area (TPSA) is 49.7 Å². The highest BCUT2D eigenvalue weighted by Gasteiger charge is 2.01. The first kappa shape index (κ1) is 7.17. The minimum Gasteiger partial charge on any atom is -0.394 e. The maximum absolute atomic E-state index is 8.16. The average Bonchev–Trinajstić information content (AvgIpc) is 1.72. The van der Waals surface area contributed by atoms with Crippen molar-refractivity contribution in [3.63, 3.8) is 0 Å².